The maximum absolute atomic E-state index is 10.2. The van der Waals surface area contributed by atoms with E-state index in [9.17, 15) is 25.5 Å². The molecule has 0 bridgehead atoms. The molecule has 1 unspecified atom stereocenters. The van der Waals surface area contributed by atoms with Crippen molar-refractivity contribution in [2.75, 3.05) is 6.61 Å². The van der Waals surface area contributed by atoms with Gasteiger partial charge in [0, 0.05) is 0 Å². The molecule has 7 nitrogen and oxygen atoms in total. The Hall–Kier alpha value is -0.800. The molecule has 0 amide bonds. The van der Waals surface area contributed by atoms with Crippen molar-refractivity contribution >= 4 is 0 Å². The fourth-order valence-corrected chi connectivity index (χ4v) is 2.23. The van der Waals surface area contributed by atoms with Crippen LogP contribution in [0.2, 0.25) is 0 Å². The molecule has 6 atom stereocenters. The van der Waals surface area contributed by atoms with Gasteiger partial charge in [-0.25, -0.2) is 0 Å². The van der Waals surface area contributed by atoms with E-state index in [1.54, 1.807) is 19.9 Å². The van der Waals surface area contributed by atoms with Gasteiger partial charge in [-0.2, -0.15) is 0 Å². The fourth-order valence-electron chi connectivity index (χ4n) is 2.23. The van der Waals surface area contributed by atoms with Crippen molar-refractivity contribution in [3.63, 3.8) is 0 Å². The minimum Gasteiger partial charge on any atom is -0.394 e. The smallest absolute Gasteiger partial charge is 0.187 e. The highest BCUT2D eigenvalue weighted by molar-refractivity contribution is 5.13. The van der Waals surface area contributed by atoms with Crippen molar-refractivity contribution in [1.82, 2.24) is 0 Å². The first kappa shape index (κ1) is 20.2. The van der Waals surface area contributed by atoms with Crippen LogP contribution in [0.5, 0.6) is 0 Å². The van der Waals surface area contributed by atoms with Gasteiger partial charge in [0.15, 0.2) is 6.29 Å². The molecule has 0 aliphatic carbocycles. The first-order valence-electron chi connectivity index (χ1n) is 7.59. The molecule has 1 fully saturated rings. The Morgan fingerprint density at radius 2 is 1.87 bits per heavy atom. The molecular weight excluding hydrogens is 304 g/mol. The number of aliphatic hydroxyl groups is 5. The Bertz CT molecular complexity index is 413. The largest absolute Gasteiger partial charge is 0.394 e. The fraction of sp³-hybridized carbons (Fsp3) is 0.750. The van der Waals surface area contributed by atoms with Gasteiger partial charge in [-0.3, -0.25) is 0 Å². The highest BCUT2D eigenvalue weighted by Gasteiger charge is 2.45. The third-order valence-electron chi connectivity index (χ3n) is 3.91. The zero-order valence-electron chi connectivity index (χ0n) is 13.8. The summed E-state index contributed by atoms with van der Waals surface area (Å²) in [6.45, 7) is 8.07. The Morgan fingerprint density at radius 3 is 2.35 bits per heavy atom. The molecule has 1 rings (SSSR count). The molecule has 0 radical (unpaired) electrons. The van der Waals surface area contributed by atoms with Crippen LogP contribution in [0.4, 0.5) is 0 Å². The van der Waals surface area contributed by atoms with Gasteiger partial charge in [0.1, 0.15) is 24.4 Å². The normalized spacial score (nSPS) is 34.3. The van der Waals surface area contributed by atoms with Crippen LogP contribution in [-0.2, 0) is 9.47 Å². The molecular formula is C16H28O7. The third-order valence-corrected chi connectivity index (χ3v) is 3.91. The SMILES string of the molecule is C=C/C(C)=C/CC(O[C@@H]1O[C@H](CO)[C@@H](O)[C@H](O)[C@H]1O)C(C)(C)O. The van der Waals surface area contributed by atoms with E-state index in [0.29, 0.717) is 6.42 Å². The monoisotopic (exact) mass is 332 g/mol. The molecule has 0 aromatic carbocycles. The summed E-state index contributed by atoms with van der Waals surface area (Å²) in [6.07, 6.45) is -3.71. The third kappa shape index (κ3) is 5.36. The summed E-state index contributed by atoms with van der Waals surface area (Å²) < 4.78 is 10.9. The summed E-state index contributed by atoms with van der Waals surface area (Å²) >= 11 is 0. The van der Waals surface area contributed by atoms with E-state index in [-0.39, 0.29) is 0 Å². The average Bonchev–Trinajstić information content (AvgIpc) is 2.49. The van der Waals surface area contributed by atoms with E-state index in [1.165, 1.54) is 0 Å². The van der Waals surface area contributed by atoms with Crippen LogP contribution in [-0.4, -0.2) is 74.6 Å². The van der Waals surface area contributed by atoms with Crippen molar-refractivity contribution in [3.8, 4) is 0 Å². The van der Waals surface area contributed by atoms with Gasteiger partial charge in [0.05, 0.1) is 18.3 Å². The van der Waals surface area contributed by atoms with Gasteiger partial charge in [0.25, 0.3) is 0 Å². The van der Waals surface area contributed by atoms with Crippen molar-refractivity contribution in [2.45, 2.75) is 69.6 Å². The second-order valence-electron chi connectivity index (χ2n) is 6.36. The minimum atomic E-state index is -1.51. The number of ether oxygens (including phenoxy) is 2. The summed E-state index contributed by atoms with van der Waals surface area (Å²) in [5, 5.41) is 49.0. The number of allylic oxidation sites excluding steroid dienone is 2. The summed E-state index contributed by atoms with van der Waals surface area (Å²) in [7, 11) is 0. The van der Waals surface area contributed by atoms with Crippen LogP contribution in [0.3, 0.4) is 0 Å². The molecule has 0 aromatic heterocycles. The molecule has 0 spiro atoms. The van der Waals surface area contributed by atoms with Crippen molar-refractivity contribution in [2.24, 2.45) is 0 Å². The standard InChI is InChI=1S/C16H28O7/c1-5-9(2)6-7-11(16(3,4)21)23-15-14(20)13(19)12(18)10(8-17)22-15/h5-6,10-15,17-21H,1,7-8H2,2-4H3/b9-6+/t10-,11?,12-,13+,14-,15+/m1/s1. The lowest BCUT2D eigenvalue weighted by atomic mass is 9.96. The molecule has 1 heterocycles. The van der Waals surface area contributed by atoms with Crippen LogP contribution in [0, 0.1) is 0 Å². The molecule has 0 aromatic rings. The van der Waals surface area contributed by atoms with Crippen LogP contribution < -0.4 is 0 Å². The molecule has 1 aliphatic heterocycles. The summed E-state index contributed by atoms with van der Waals surface area (Å²) in [6, 6.07) is 0. The predicted molar refractivity (Wildman–Crippen MR) is 83.5 cm³/mol. The lowest BCUT2D eigenvalue weighted by Crippen LogP contribution is -2.60. The molecule has 7 heteroatoms. The zero-order valence-corrected chi connectivity index (χ0v) is 13.8. The van der Waals surface area contributed by atoms with Gasteiger partial charge in [0.2, 0.25) is 0 Å². The summed E-state index contributed by atoms with van der Waals surface area (Å²) in [4.78, 5) is 0. The van der Waals surface area contributed by atoms with Gasteiger partial charge >= 0.3 is 0 Å². The summed E-state index contributed by atoms with van der Waals surface area (Å²) in [5.74, 6) is 0. The van der Waals surface area contributed by atoms with Gasteiger partial charge in [-0.1, -0.05) is 24.3 Å². The number of rotatable bonds is 7. The van der Waals surface area contributed by atoms with Crippen LogP contribution in [0.1, 0.15) is 27.2 Å². The number of hydrogen-bond donors (Lipinski definition) is 5. The molecule has 5 N–H and O–H groups in total. The quantitative estimate of drug-likeness (QED) is 0.397. The number of hydrogen-bond acceptors (Lipinski definition) is 7. The second kappa shape index (κ2) is 8.34. The van der Waals surface area contributed by atoms with E-state index in [1.807, 2.05) is 13.0 Å². The van der Waals surface area contributed by atoms with E-state index < -0.39 is 49.0 Å². The Kier molecular flexibility index (Phi) is 7.34. The lowest BCUT2D eigenvalue weighted by molar-refractivity contribution is -0.321. The van der Waals surface area contributed by atoms with Gasteiger partial charge in [-0.15, -0.1) is 0 Å². The maximum Gasteiger partial charge on any atom is 0.187 e. The van der Waals surface area contributed by atoms with Crippen LogP contribution in [0.25, 0.3) is 0 Å². The van der Waals surface area contributed by atoms with Crippen molar-refractivity contribution in [1.29, 1.82) is 0 Å². The predicted octanol–water partition coefficient (Wildman–Crippen LogP) is -0.535. The topological polar surface area (TPSA) is 120 Å². The van der Waals surface area contributed by atoms with Gasteiger partial charge < -0.3 is 35.0 Å². The van der Waals surface area contributed by atoms with Crippen LogP contribution >= 0.6 is 0 Å². The Labute approximate surface area is 136 Å². The number of aliphatic hydroxyl groups excluding tert-OH is 4. The molecule has 0 saturated carbocycles. The average molecular weight is 332 g/mol. The van der Waals surface area contributed by atoms with E-state index >= 15 is 0 Å². The van der Waals surface area contributed by atoms with Crippen molar-refractivity contribution in [3.05, 3.63) is 24.3 Å². The molecule has 134 valence electrons. The van der Waals surface area contributed by atoms with E-state index in [0.717, 1.165) is 5.57 Å². The highest BCUT2D eigenvalue weighted by atomic mass is 16.7. The zero-order chi connectivity index (χ0) is 17.8. The second-order valence-corrected chi connectivity index (χ2v) is 6.36. The molecule has 23 heavy (non-hydrogen) atoms. The molecule has 1 aliphatic rings. The van der Waals surface area contributed by atoms with E-state index in [2.05, 4.69) is 6.58 Å². The highest BCUT2D eigenvalue weighted by Crippen LogP contribution is 2.27. The van der Waals surface area contributed by atoms with Gasteiger partial charge in [-0.05, 0) is 27.2 Å². The first-order chi connectivity index (χ1) is 10.6. The molecule has 1 saturated heterocycles. The van der Waals surface area contributed by atoms with Crippen LogP contribution in [0.15, 0.2) is 24.3 Å². The van der Waals surface area contributed by atoms with Crippen molar-refractivity contribution < 1.29 is 35.0 Å². The summed E-state index contributed by atoms with van der Waals surface area (Å²) in [5.41, 5.74) is -0.340. The Morgan fingerprint density at radius 1 is 1.26 bits per heavy atom. The first-order valence-corrected chi connectivity index (χ1v) is 7.59. The Balaban J connectivity index is 2.87. The lowest BCUT2D eigenvalue weighted by Gasteiger charge is -2.42. The minimum absolute atomic E-state index is 0.330. The maximum atomic E-state index is 10.2. The van der Waals surface area contributed by atoms with E-state index in [4.69, 9.17) is 9.47 Å².